The Hall–Kier alpha value is -1.62. The maximum absolute atomic E-state index is 11.1. The highest BCUT2D eigenvalue weighted by Crippen LogP contribution is 2.32. The molecule has 2 saturated carbocycles. The van der Waals surface area contributed by atoms with Gasteiger partial charge in [-0.15, -0.1) is 0 Å². The molecule has 5 nitrogen and oxygen atoms in total. The number of nitrogens with zero attached hydrogens (tertiary/aromatic N) is 1. The van der Waals surface area contributed by atoms with Crippen LogP contribution in [0.2, 0.25) is 0 Å². The molecular formula is C15H20N2O3. The molecule has 2 aliphatic rings. The second-order valence-corrected chi connectivity index (χ2v) is 5.74. The predicted octanol–water partition coefficient (Wildman–Crippen LogP) is 3.17. The van der Waals surface area contributed by atoms with Crippen LogP contribution in [0.25, 0.3) is 0 Å². The van der Waals surface area contributed by atoms with E-state index in [1.165, 1.54) is 12.8 Å². The number of rotatable bonds is 6. The lowest BCUT2D eigenvalue weighted by atomic mass is 10.2. The third-order valence-electron chi connectivity index (χ3n) is 3.99. The number of nitro groups is 1. The van der Waals surface area contributed by atoms with E-state index in [1.807, 2.05) is 12.1 Å². The normalized spacial score (nSPS) is 19.2. The molecule has 1 aromatic carbocycles. The average molecular weight is 276 g/mol. The van der Waals surface area contributed by atoms with Crippen molar-refractivity contribution in [1.82, 2.24) is 5.32 Å². The van der Waals surface area contributed by atoms with Gasteiger partial charge < -0.3 is 10.1 Å². The summed E-state index contributed by atoms with van der Waals surface area (Å²) in [7, 11) is 0. The van der Waals surface area contributed by atoms with E-state index in [9.17, 15) is 10.1 Å². The van der Waals surface area contributed by atoms with Crippen molar-refractivity contribution in [3.8, 4) is 5.75 Å². The van der Waals surface area contributed by atoms with Crippen molar-refractivity contribution in [2.75, 3.05) is 0 Å². The minimum absolute atomic E-state index is 0.0760. The van der Waals surface area contributed by atoms with Gasteiger partial charge in [0, 0.05) is 18.7 Å². The van der Waals surface area contributed by atoms with Gasteiger partial charge >= 0.3 is 5.69 Å². The highest BCUT2D eigenvalue weighted by Gasteiger charge is 2.23. The van der Waals surface area contributed by atoms with Crippen molar-refractivity contribution >= 4 is 5.69 Å². The van der Waals surface area contributed by atoms with Crippen molar-refractivity contribution in [3.05, 3.63) is 33.9 Å². The molecule has 0 atom stereocenters. The Labute approximate surface area is 118 Å². The Morgan fingerprint density at radius 3 is 2.65 bits per heavy atom. The zero-order valence-electron chi connectivity index (χ0n) is 11.5. The van der Waals surface area contributed by atoms with Gasteiger partial charge in [0.2, 0.25) is 0 Å². The van der Waals surface area contributed by atoms with E-state index in [0.29, 0.717) is 11.8 Å². The first-order valence-electron chi connectivity index (χ1n) is 7.40. The minimum Gasteiger partial charge on any atom is -0.483 e. The standard InChI is InChI=1S/C15H20N2O3/c18-17(19)14-8-5-11(10-16-12-6-7-12)9-15(14)20-13-3-1-2-4-13/h5,8-9,12-13,16H,1-4,6-7,10H2. The fraction of sp³-hybridized carbons (Fsp3) is 0.600. The molecule has 3 rings (SSSR count). The summed E-state index contributed by atoms with van der Waals surface area (Å²) in [6, 6.07) is 5.83. The van der Waals surface area contributed by atoms with Crippen LogP contribution in [0.1, 0.15) is 44.1 Å². The molecule has 1 aromatic rings. The van der Waals surface area contributed by atoms with Gasteiger partial charge in [-0.05, 0) is 50.2 Å². The smallest absolute Gasteiger partial charge is 0.310 e. The highest BCUT2D eigenvalue weighted by atomic mass is 16.6. The third kappa shape index (κ3) is 3.28. The van der Waals surface area contributed by atoms with Gasteiger partial charge in [-0.2, -0.15) is 0 Å². The Morgan fingerprint density at radius 2 is 2.00 bits per heavy atom. The Bertz CT molecular complexity index is 494. The third-order valence-corrected chi connectivity index (χ3v) is 3.99. The molecule has 5 heteroatoms. The van der Waals surface area contributed by atoms with Crippen molar-refractivity contribution in [3.63, 3.8) is 0 Å². The van der Waals surface area contributed by atoms with Crippen LogP contribution in [0.15, 0.2) is 18.2 Å². The fourth-order valence-electron chi connectivity index (χ4n) is 2.65. The largest absolute Gasteiger partial charge is 0.483 e. The van der Waals surface area contributed by atoms with Gasteiger partial charge in [0.05, 0.1) is 11.0 Å². The highest BCUT2D eigenvalue weighted by molar-refractivity contribution is 5.48. The first-order valence-corrected chi connectivity index (χ1v) is 7.40. The molecule has 0 unspecified atom stereocenters. The van der Waals surface area contributed by atoms with Gasteiger partial charge in [0.15, 0.2) is 5.75 Å². The summed E-state index contributed by atoms with van der Waals surface area (Å²) in [5.74, 6) is 0.428. The topological polar surface area (TPSA) is 64.4 Å². The zero-order chi connectivity index (χ0) is 13.9. The molecular weight excluding hydrogens is 256 g/mol. The molecule has 2 aliphatic carbocycles. The van der Waals surface area contributed by atoms with Gasteiger partial charge in [-0.25, -0.2) is 0 Å². The van der Waals surface area contributed by atoms with Crippen LogP contribution in [0.3, 0.4) is 0 Å². The summed E-state index contributed by atoms with van der Waals surface area (Å²) >= 11 is 0. The van der Waals surface area contributed by atoms with Gasteiger partial charge in [0.1, 0.15) is 0 Å². The number of hydrogen-bond acceptors (Lipinski definition) is 4. The molecule has 108 valence electrons. The Morgan fingerprint density at radius 1 is 1.25 bits per heavy atom. The summed E-state index contributed by atoms with van der Waals surface area (Å²) in [6.45, 7) is 0.754. The molecule has 2 fully saturated rings. The SMILES string of the molecule is O=[N+]([O-])c1ccc(CNC2CC2)cc1OC1CCCC1. The van der Waals surface area contributed by atoms with E-state index < -0.39 is 0 Å². The van der Waals surface area contributed by atoms with E-state index in [0.717, 1.165) is 37.8 Å². The Balaban J connectivity index is 1.74. The van der Waals surface area contributed by atoms with Crippen molar-refractivity contribution in [2.24, 2.45) is 0 Å². The maximum Gasteiger partial charge on any atom is 0.310 e. The van der Waals surface area contributed by atoms with Crippen LogP contribution < -0.4 is 10.1 Å². The second-order valence-electron chi connectivity index (χ2n) is 5.74. The minimum atomic E-state index is -0.359. The molecule has 0 amide bonds. The summed E-state index contributed by atoms with van der Waals surface area (Å²) in [4.78, 5) is 10.7. The zero-order valence-corrected chi connectivity index (χ0v) is 11.5. The van der Waals surface area contributed by atoms with Crippen LogP contribution in [0.4, 0.5) is 5.69 Å². The summed E-state index contributed by atoms with van der Waals surface area (Å²) < 4.78 is 5.86. The van der Waals surface area contributed by atoms with Crippen LogP contribution in [0.5, 0.6) is 5.75 Å². The molecule has 0 saturated heterocycles. The second kappa shape index (κ2) is 5.79. The van der Waals surface area contributed by atoms with E-state index in [4.69, 9.17) is 4.74 Å². The molecule has 0 aliphatic heterocycles. The van der Waals surface area contributed by atoms with Crippen LogP contribution in [-0.4, -0.2) is 17.1 Å². The van der Waals surface area contributed by atoms with E-state index in [-0.39, 0.29) is 16.7 Å². The predicted molar refractivity (Wildman–Crippen MR) is 75.8 cm³/mol. The number of nitrogens with one attached hydrogen (secondary N) is 1. The lowest BCUT2D eigenvalue weighted by Gasteiger charge is -2.14. The van der Waals surface area contributed by atoms with Gasteiger partial charge in [0.25, 0.3) is 0 Å². The number of ether oxygens (including phenoxy) is 1. The molecule has 1 N–H and O–H groups in total. The van der Waals surface area contributed by atoms with E-state index in [2.05, 4.69) is 5.32 Å². The lowest BCUT2D eigenvalue weighted by molar-refractivity contribution is -0.386. The molecule has 0 heterocycles. The molecule has 0 radical (unpaired) electrons. The van der Waals surface area contributed by atoms with Crippen molar-refractivity contribution in [1.29, 1.82) is 0 Å². The van der Waals surface area contributed by atoms with Crippen molar-refractivity contribution < 1.29 is 9.66 Å². The first-order chi connectivity index (χ1) is 9.72. The molecule has 0 spiro atoms. The summed E-state index contributed by atoms with van der Waals surface area (Å²) in [5.41, 5.74) is 1.13. The van der Waals surface area contributed by atoms with E-state index in [1.54, 1.807) is 6.07 Å². The van der Waals surface area contributed by atoms with E-state index >= 15 is 0 Å². The van der Waals surface area contributed by atoms with Crippen molar-refractivity contribution in [2.45, 2.75) is 57.2 Å². The number of nitro benzene ring substituents is 1. The number of hydrogen-bond donors (Lipinski definition) is 1. The molecule has 20 heavy (non-hydrogen) atoms. The first kappa shape index (κ1) is 13.4. The van der Waals surface area contributed by atoms with Gasteiger partial charge in [-0.1, -0.05) is 6.07 Å². The summed E-state index contributed by atoms with van der Waals surface area (Å²) in [5, 5.41) is 14.5. The lowest BCUT2D eigenvalue weighted by Crippen LogP contribution is -2.16. The molecule has 0 aromatic heterocycles. The molecule has 0 bridgehead atoms. The fourth-order valence-corrected chi connectivity index (χ4v) is 2.65. The van der Waals surface area contributed by atoms with Gasteiger partial charge in [-0.3, -0.25) is 10.1 Å². The van der Waals surface area contributed by atoms with Crippen LogP contribution in [0, 0.1) is 10.1 Å². The van der Waals surface area contributed by atoms with Crippen LogP contribution >= 0.6 is 0 Å². The summed E-state index contributed by atoms with van der Waals surface area (Å²) in [6.07, 6.45) is 6.92. The Kier molecular flexibility index (Phi) is 3.87. The number of benzene rings is 1. The monoisotopic (exact) mass is 276 g/mol. The maximum atomic E-state index is 11.1. The average Bonchev–Trinajstić information content (AvgIpc) is 3.13. The quantitative estimate of drug-likeness (QED) is 0.640. The van der Waals surface area contributed by atoms with Crippen LogP contribution in [-0.2, 0) is 6.54 Å².